The SMILES string of the molecule is CCOC(=O)c1cc(Oc2ccccc2NC(=O)c2cccc([N+](=O)[O-])c2)cc(C(=O)O)c1. The lowest BCUT2D eigenvalue weighted by Gasteiger charge is -2.13. The molecule has 0 saturated heterocycles. The minimum absolute atomic E-state index is 0.00939. The summed E-state index contributed by atoms with van der Waals surface area (Å²) in [4.78, 5) is 46.5. The molecule has 0 aliphatic heterocycles. The molecule has 33 heavy (non-hydrogen) atoms. The number of nitro benzene ring substituents is 1. The van der Waals surface area contributed by atoms with Gasteiger partial charge in [-0.3, -0.25) is 14.9 Å². The number of nitro groups is 1. The molecule has 168 valence electrons. The Hall–Kier alpha value is -4.73. The zero-order valence-electron chi connectivity index (χ0n) is 17.3. The number of carboxylic acid groups (broad SMARTS) is 1. The lowest BCUT2D eigenvalue weighted by atomic mass is 10.1. The van der Waals surface area contributed by atoms with E-state index in [1.54, 1.807) is 19.1 Å². The minimum Gasteiger partial charge on any atom is -0.478 e. The molecule has 0 aliphatic carbocycles. The highest BCUT2D eigenvalue weighted by Crippen LogP contribution is 2.31. The van der Waals surface area contributed by atoms with Crippen LogP contribution in [0, 0.1) is 10.1 Å². The van der Waals surface area contributed by atoms with Crippen molar-refractivity contribution in [2.24, 2.45) is 0 Å². The average Bonchev–Trinajstić information content (AvgIpc) is 2.80. The first-order valence-electron chi connectivity index (χ1n) is 9.66. The van der Waals surface area contributed by atoms with Crippen LogP contribution in [-0.4, -0.2) is 34.5 Å². The molecule has 1 amide bonds. The molecule has 0 saturated carbocycles. The van der Waals surface area contributed by atoms with E-state index in [1.807, 2.05) is 0 Å². The summed E-state index contributed by atoms with van der Waals surface area (Å²) in [5.41, 5.74) is -0.133. The van der Waals surface area contributed by atoms with Crippen molar-refractivity contribution in [1.82, 2.24) is 0 Å². The zero-order chi connectivity index (χ0) is 24.0. The van der Waals surface area contributed by atoms with Gasteiger partial charge in [0.15, 0.2) is 5.75 Å². The fourth-order valence-corrected chi connectivity index (χ4v) is 2.85. The van der Waals surface area contributed by atoms with E-state index in [1.165, 1.54) is 48.5 Å². The summed E-state index contributed by atoms with van der Waals surface area (Å²) >= 11 is 0. The summed E-state index contributed by atoms with van der Waals surface area (Å²) in [5.74, 6) is -2.39. The molecule has 0 atom stereocenters. The van der Waals surface area contributed by atoms with Gasteiger partial charge in [-0.05, 0) is 43.3 Å². The molecular weight excluding hydrogens is 432 g/mol. The van der Waals surface area contributed by atoms with Gasteiger partial charge in [0, 0.05) is 17.7 Å². The molecule has 0 fully saturated rings. The number of anilines is 1. The number of hydrogen-bond acceptors (Lipinski definition) is 7. The number of ether oxygens (including phenoxy) is 2. The highest BCUT2D eigenvalue weighted by Gasteiger charge is 2.17. The molecule has 0 bridgehead atoms. The van der Waals surface area contributed by atoms with Crippen LogP contribution in [0.1, 0.15) is 38.0 Å². The number of para-hydroxylation sites is 2. The second-order valence-corrected chi connectivity index (χ2v) is 6.63. The van der Waals surface area contributed by atoms with E-state index in [9.17, 15) is 29.6 Å². The van der Waals surface area contributed by atoms with Crippen LogP contribution in [0.4, 0.5) is 11.4 Å². The van der Waals surface area contributed by atoms with Crippen molar-refractivity contribution in [3.8, 4) is 11.5 Å². The van der Waals surface area contributed by atoms with Crippen molar-refractivity contribution < 1.29 is 33.9 Å². The van der Waals surface area contributed by atoms with Crippen LogP contribution >= 0.6 is 0 Å². The molecule has 3 aromatic carbocycles. The maximum Gasteiger partial charge on any atom is 0.338 e. The van der Waals surface area contributed by atoms with Gasteiger partial charge in [-0.25, -0.2) is 9.59 Å². The molecule has 10 nitrogen and oxygen atoms in total. The fraction of sp³-hybridized carbons (Fsp3) is 0.0870. The molecule has 0 radical (unpaired) electrons. The molecule has 3 aromatic rings. The molecular formula is C23H18N2O8. The maximum atomic E-state index is 12.6. The Balaban J connectivity index is 1.90. The Kier molecular flexibility index (Phi) is 6.99. The van der Waals surface area contributed by atoms with Crippen molar-refractivity contribution in [2.75, 3.05) is 11.9 Å². The van der Waals surface area contributed by atoms with Gasteiger partial charge in [0.25, 0.3) is 11.6 Å². The summed E-state index contributed by atoms with van der Waals surface area (Å²) < 4.78 is 10.7. The topological polar surface area (TPSA) is 145 Å². The second-order valence-electron chi connectivity index (χ2n) is 6.63. The van der Waals surface area contributed by atoms with Crippen LogP contribution in [0.5, 0.6) is 11.5 Å². The van der Waals surface area contributed by atoms with E-state index in [4.69, 9.17) is 9.47 Å². The first-order chi connectivity index (χ1) is 15.8. The maximum absolute atomic E-state index is 12.6. The summed E-state index contributed by atoms with van der Waals surface area (Å²) in [6.45, 7) is 1.73. The first-order valence-corrected chi connectivity index (χ1v) is 9.66. The lowest BCUT2D eigenvalue weighted by molar-refractivity contribution is -0.384. The Labute approximate surface area is 187 Å². The number of esters is 1. The second kappa shape index (κ2) is 10.1. The minimum atomic E-state index is -1.27. The van der Waals surface area contributed by atoms with Gasteiger partial charge in [-0.1, -0.05) is 18.2 Å². The molecule has 10 heteroatoms. The Bertz CT molecular complexity index is 1240. The molecule has 0 aromatic heterocycles. The quantitative estimate of drug-likeness (QED) is 0.290. The molecule has 3 rings (SSSR count). The zero-order valence-corrected chi connectivity index (χ0v) is 17.3. The molecule has 0 heterocycles. The number of carbonyl (C=O) groups excluding carboxylic acids is 2. The number of carboxylic acids is 1. The van der Waals surface area contributed by atoms with Gasteiger partial charge in [-0.2, -0.15) is 0 Å². The number of carbonyl (C=O) groups is 3. The van der Waals surface area contributed by atoms with Crippen molar-refractivity contribution in [2.45, 2.75) is 6.92 Å². The molecule has 0 unspecified atom stereocenters. The van der Waals surface area contributed by atoms with Crippen LogP contribution in [-0.2, 0) is 4.74 Å². The van der Waals surface area contributed by atoms with Gasteiger partial charge in [-0.15, -0.1) is 0 Å². The van der Waals surface area contributed by atoms with Gasteiger partial charge in [0.05, 0.1) is 28.3 Å². The number of rotatable bonds is 8. The van der Waals surface area contributed by atoms with Crippen molar-refractivity contribution in [1.29, 1.82) is 0 Å². The van der Waals surface area contributed by atoms with Gasteiger partial charge >= 0.3 is 11.9 Å². The first kappa shape index (κ1) is 22.9. The predicted octanol–water partition coefficient (Wildman–Crippen LogP) is 4.51. The number of benzene rings is 3. The third-order valence-corrected chi connectivity index (χ3v) is 4.35. The Morgan fingerprint density at radius 3 is 2.39 bits per heavy atom. The van der Waals surface area contributed by atoms with E-state index in [2.05, 4.69) is 5.32 Å². The van der Waals surface area contributed by atoms with Crippen LogP contribution in [0.25, 0.3) is 0 Å². The van der Waals surface area contributed by atoms with Crippen molar-refractivity contribution >= 4 is 29.2 Å². The summed E-state index contributed by atoms with van der Waals surface area (Å²) in [7, 11) is 0. The van der Waals surface area contributed by atoms with Crippen molar-refractivity contribution in [3.05, 3.63) is 93.5 Å². The number of amides is 1. The number of nitrogens with one attached hydrogen (secondary N) is 1. The van der Waals surface area contributed by atoms with Crippen molar-refractivity contribution in [3.63, 3.8) is 0 Å². The largest absolute Gasteiger partial charge is 0.478 e. The van der Waals surface area contributed by atoms with Gasteiger partial charge in [0.2, 0.25) is 0 Å². The predicted molar refractivity (Wildman–Crippen MR) is 117 cm³/mol. The molecule has 0 spiro atoms. The van der Waals surface area contributed by atoms with Gasteiger partial charge in [0.1, 0.15) is 5.75 Å². The van der Waals surface area contributed by atoms with Crippen LogP contribution in [0.3, 0.4) is 0 Å². The standard InChI is InChI=1S/C23H18N2O8/c1-2-32-23(29)16-10-15(22(27)28)12-18(13-16)33-20-9-4-3-8-19(20)24-21(26)14-6-5-7-17(11-14)25(30)31/h3-13H,2H2,1H3,(H,24,26)(H,27,28). The number of hydrogen-bond donors (Lipinski definition) is 2. The number of non-ortho nitro benzene ring substituents is 1. The monoisotopic (exact) mass is 450 g/mol. The third-order valence-electron chi connectivity index (χ3n) is 4.35. The highest BCUT2D eigenvalue weighted by molar-refractivity contribution is 6.05. The highest BCUT2D eigenvalue weighted by atomic mass is 16.6. The van der Waals surface area contributed by atoms with Crippen LogP contribution < -0.4 is 10.1 Å². The van der Waals surface area contributed by atoms with E-state index in [0.29, 0.717) is 0 Å². The number of nitrogens with zero attached hydrogens (tertiary/aromatic N) is 1. The van der Waals surface area contributed by atoms with E-state index < -0.39 is 22.8 Å². The number of aromatic carboxylic acids is 1. The summed E-state index contributed by atoms with van der Waals surface area (Å²) in [6.07, 6.45) is 0. The van der Waals surface area contributed by atoms with E-state index >= 15 is 0 Å². The Morgan fingerprint density at radius 2 is 1.70 bits per heavy atom. The third kappa shape index (κ3) is 5.70. The Morgan fingerprint density at radius 1 is 0.970 bits per heavy atom. The van der Waals surface area contributed by atoms with Crippen LogP contribution in [0.2, 0.25) is 0 Å². The average molecular weight is 450 g/mol. The normalized spacial score (nSPS) is 10.2. The lowest BCUT2D eigenvalue weighted by Crippen LogP contribution is -2.13. The smallest absolute Gasteiger partial charge is 0.338 e. The van der Waals surface area contributed by atoms with Gasteiger partial charge < -0.3 is 19.9 Å². The van der Waals surface area contributed by atoms with E-state index in [-0.39, 0.29) is 46.2 Å². The van der Waals surface area contributed by atoms with E-state index in [0.717, 1.165) is 6.07 Å². The molecule has 2 N–H and O–H groups in total. The fourth-order valence-electron chi connectivity index (χ4n) is 2.85. The molecule has 0 aliphatic rings. The summed E-state index contributed by atoms with van der Waals surface area (Å²) in [6, 6.07) is 15.3. The van der Waals surface area contributed by atoms with Crippen LogP contribution in [0.15, 0.2) is 66.7 Å². The summed E-state index contributed by atoms with van der Waals surface area (Å²) in [5, 5.41) is 22.9.